The first kappa shape index (κ1) is 12.0. The molecule has 0 bridgehead atoms. The summed E-state index contributed by atoms with van der Waals surface area (Å²) in [5.74, 6) is 0.0438. The number of carbonyl (C=O) groups is 1. The van der Waals surface area contributed by atoms with E-state index in [1.54, 1.807) is 6.07 Å². The molecule has 0 aromatic carbocycles. The lowest BCUT2D eigenvalue weighted by atomic mass is 10.1. The van der Waals surface area contributed by atoms with Crippen LogP contribution < -0.4 is 0 Å². The quantitative estimate of drug-likeness (QED) is 0.831. The Labute approximate surface area is 111 Å². The molecule has 1 unspecified atom stereocenters. The fraction of sp³-hybridized carbons (Fsp3) is 0.429. The third kappa shape index (κ3) is 2.41. The summed E-state index contributed by atoms with van der Waals surface area (Å²) in [6, 6.07) is 1.99. The van der Waals surface area contributed by atoms with Crippen LogP contribution in [-0.4, -0.2) is 33.7 Å². The Morgan fingerprint density at radius 3 is 3.11 bits per heavy atom. The molecule has 5 nitrogen and oxygen atoms in total. The van der Waals surface area contributed by atoms with E-state index in [0.717, 1.165) is 24.9 Å². The van der Waals surface area contributed by atoms with Gasteiger partial charge in [-0.3, -0.25) is 9.48 Å². The average Bonchev–Trinajstić information content (AvgIpc) is 3.09. The fourth-order valence-corrected chi connectivity index (χ4v) is 2.56. The largest absolute Gasteiger partial charge is 0.472 e. The number of amides is 1. The Hall–Kier alpha value is -2.04. The normalized spacial score (nSPS) is 19.6. The molecule has 3 rings (SSSR count). The Morgan fingerprint density at radius 1 is 1.53 bits per heavy atom. The summed E-state index contributed by atoms with van der Waals surface area (Å²) < 4.78 is 6.95. The monoisotopic (exact) mass is 259 g/mol. The SMILES string of the molecule is Cc1cnn(C2CCCN(C(=O)c3ccoc3)C2)c1. The van der Waals surface area contributed by atoms with Gasteiger partial charge in [0.2, 0.25) is 0 Å². The van der Waals surface area contributed by atoms with Crippen LogP contribution in [0.15, 0.2) is 35.4 Å². The molecule has 2 aromatic rings. The molecular formula is C14H17N3O2. The summed E-state index contributed by atoms with van der Waals surface area (Å²) in [5.41, 5.74) is 1.77. The van der Waals surface area contributed by atoms with Gasteiger partial charge >= 0.3 is 0 Å². The summed E-state index contributed by atoms with van der Waals surface area (Å²) in [4.78, 5) is 14.2. The van der Waals surface area contributed by atoms with Crippen LogP contribution in [0.1, 0.15) is 34.8 Å². The van der Waals surface area contributed by atoms with E-state index in [9.17, 15) is 4.79 Å². The van der Waals surface area contributed by atoms with E-state index in [0.29, 0.717) is 12.1 Å². The molecule has 1 aliphatic rings. The van der Waals surface area contributed by atoms with Gasteiger partial charge in [-0.1, -0.05) is 0 Å². The number of likely N-dealkylation sites (tertiary alicyclic amines) is 1. The second-order valence-electron chi connectivity index (χ2n) is 5.06. The van der Waals surface area contributed by atoms with Crippen molar-refractivity contribution in [1.82, 2.24) is 14.7 Å². The minimum Gasteiger partial charge on any atom is -0.472 e. The highest BCUT2D eigenvalue weighted by Crippen LogP contribution is 2.22. The zero-order valence-electron chi connectivity index (χ0n) is 11.0. The van der Waals surface area contributed by atoms with E-state index < -0.39 is 0 Å². The Bertz CT molecular complexity index is 559. The van der Waals surface area contributed by atoms with Crippen molar-refractivity contribution in [2.45, 2.75) is 25.8 Å². The molecule has 0 N–H and O–H groups in total. The number of aryl methyl sites for hydroxylation is 1. The van der Waals surface area contributed by atoms with Gasteiger partial charge in [-0.25, -0.2) is 0 Å². The Balaban J connectivity index is 1.73. The summed E-state index contributed by atoms with van der Waals surface area (Å²) >= 11 is 0. The van der Waals surface area contributed by atoms with Crippen LogP contribution in [-0.2, 0) is 0 Å². The van der Waals surface area contributed by atoms with Gasteiger partial charge in [-0.05, 0) is 31.4 Å². The molecule has 0 saturated carbocycles. The van der Waals surface area contributed by atoms with Gasteiger partial charge in [0.25, 0.3) is 5.91 Å². The topological polar surface area (TPSA) is 51.3 Å². The van der Waals surface area contributed by atoms with Gasteiger partial charge < -0.3 is 9.32 Å². The molecule has 1 atom stereocenters. The lowest BCUT2D eigenvalue weighted by molar-refractivity contribution is 0.0672. The number of carbonyl (C=O) groups excluding carboxylic acids is 1. The smallest absolute Gasteiger partial charge is 0.257 e. The molecule has 19 heavy (non-hydrogen) atoms. The summed E-state index contributed by atoms with van der Waals surface area (Å²) in [6.45, 7) is 3.55. The number of hydrogen-bond donors (Lipinski definition) is 0. The Morgan fingerprint density at radius 2 is 2.42 bits per heavy atom. The van der Waals surface area contributed by atoms with Crippen LogP contribution in [0.25, 0.3) is 0 Å². The zero-order valence-corrected chi connectivity index (χ0v) is 11.0. The van der Waals surface area contributed by atoms with Crippen LogP contribution in [0.3, 0.4) is 0 Å². The number of furan rings is 1. The minimum atomic E-state index is 0.0438. The second-order valence-corrected chi connectivity index (χ2v) is 5.06. The first-order chi connectivity index (χ1) is 9.24. The van der Waals surface area contributed by atoms with Crippen LogP contribution in [0, 0.1) is 6.92 Å². The average molecular weight is 259 g/mol. The fourth-order valence-electron chi connectivity index (χ4n) is 2.56. The summed E-state index contributed by atoms with van der Waals surface area (Å²) in [6.07, 6.45) is 9.01. The van der Waals surface area contributed by atoms with E-state index >= 15 is 0 Å². The first-order valence-electron chi connectivity index (χ1n) is 6.56. The molecular weight excluding hydrogens is 242 g/mol. The van der Waals surface area contributed by atoms with Crippen molar-refractivity contribution in [2.75, 3.05) is 13.1 Å². The highest BCUT2D eigenvalue weighted by molar-refractivity contribution is 5.93. The highest BCUT2D eigenvalue weighted by Gasteiger charge is 2.26. The van der Waals surface area contributed by atoms with Gasteiger partial charge in [0.05, 0.1) is 24.1 Å². The second kappa shape index (κ2) is 4.91. The Kier molecular flexibility index (Phi) is 3.11. The van der Waals surface area contributed by atoms with Crippen LogP contribution in [0.2, 0.25) is 0 Å². The molecule has 5 heteroatoms. The van der Waals surface area contributed by atoms with Crippen molar-refractivity contribution in [3.05, 3.63) is 42.1 Å². The van der Waals surface area contributed by atoms with Gasteiger partial charge in [-0.15, -0.1) is 0 Å². The number of aromatic nitrogens is 2. The molecule has 1 fully saturated rings. The number of nitrogens with zero attached hydrogens (tertiary/aromatic N) is 3. The van der Waals surface area contributed by atoms with Gasteiger partial charge in [-0.2, -0.15) is 5.10 Å². The maximum absolute atomic E-state index is 12.3. The zero-order chi connectivity index (χ0) is 13.2. The van der Waals surface area contributed by atoms with E-state index in [-0.39, 0.29) is 11.9 Å². The van der Waals surface area contributed by atoms with Crippen molar-refractivity contribution in [2.24, 2.45) is 0 Å². The molecule has 0 radical (unpaired) electrons. The highest BCUT2D eigenvalue weighted by atomic mass is 16.3. The molecule has 100 valence electrons. The number of piperidine rings is 1. The molecule has 0 aliphatic carbocycles. The third-order valence-electron chi connectivity index (χ3n) is 3.56. The maximum atomic E-state index is 12.3. The van der Waals surface area contributed by atoms with Crippen LogP contribution in [0.5, 0.6) is 0 Å². The van der Waals surface area contributed by atoms with Crippen molar-refractivity contribution < 1.29 is 9.21 Å². The van der Waals surface area contributed by atoms with Gasteiger partial charge in [0.1, 0.15) is 6.26 Å². The number of hydrogen-bond acceptors (Lipinski definition) is 3. The van der Waals surface area contributed by atoms with Gasteiger partial charge in [0.15, 0.2) is 0 Å². The molecule has 1 amide bonds. The molecule has 3 heterocycles. The van der Waals surface area contributed by atoms with Crippen molar-refractivity contribution in [3.63, 3.8) is 0 Å². The van der Waals surface area contributed by atoms with E-state index in [1.165, 1.54) is 12.5 Å². The minimum absolute atomic E-state index is 0.0438. The predicted molar refractivity (Wildman–Crippen MR) is 69.8 cm³/mol. The van der Waals surface area contributed by atoms with E-state index in [2.05, 4.69) is 5.10 Å². The van der Waals surface area contributed by atoms with Gasteiger partial charge in [0, 0.05) is 19.3 Å². The lowest BCUT2D eigenvalue weighted by Crippen LogP contribution is -2.40. The standard InChI is InChI=1S/C14H17N3O2/c1-11-7-15-17(8-11)13-3-2-5-16(9-13)14(18)12-4-6-19-10-12/h4,6-8,10,13H,2-3,5,9H2,1H3. The molecule has 2 aromatic heterocycles. The number of rotatable bonds is 2. The molecule has 1 aliphatic heterocycles. The summed E-state index contributed by atoms with van der Waals surface area (Å²) in [5, 5.41) is 4.36. The van der Waals surface area contributed by atoms with Crippen molar-refractivity contribution >= 4 is 5.91 Å². The third-order valence-corrected chi connectivity index (χ3v) is 3.56. The van der Waals surface area contributed by atoms with E-state index in [1.807, 2.05) is 28.9 Å². The molecule has 0 spiro atoms. The molecule has 1 saturated heterocycles. The van der Waals surface area contributed by atoms with Crippen molar-refractivity contribution in [3.8, 4) is 0 Å². The van der Waals surface area contributed by atoms with Crippen LogP contribution >= 0.6 is 0 Å². The van der Waals surface area contributed by atoms with Crippen molar-refractivity contribution in [1.29, 1.82) is 0 Å². The maximum Gasteiger partial charge on any atom is 0.257 e. The lowest BCUT2D eigenvalue weighted by Gasteiger charge is -2.32. The van der Waals surface area contributed by atoms with Crippen LogP contribution in [0.4, 0.5) is 0 Å². The predicted octanol–water partition coefficient (Wildman–Crippen LogP) is 2.26. The first-order valence-corrected chi connectivity index (χ1v) is 6.56. The summed E-state index contributed by atoms with van der Waals surface area (Å²) in [7, 11) is 0. The van der Waals surface area contributed by atoms with E-state index in [4.69, 9.17) is 4.42 Å².